The van der Waals surface area contributed by atoms with Gasteiger partial charge in [0, 0.05) is 12.7 Å². The fraction of sp³-hybridized carbons (Fsp3) is 0.444. The first-order chi connectivity index (χ1) is 12.9. The maximum atomic E-state index is 12.0. The van der Waals surface area contributed by atoms with Crippen molar-refractivity contribution in [2.45, 2.75) is 40.3 Å². The molecule has 0 amide bonds. The monoisotopic (exact) mass is 409 g/mol. The molecule has 0 saturated heterocycles. The van der Waals surface area contributed by atoms with E-state index in [-0.39, 0.29) is 12.0 Å². The van der Waals surface area contributed by atoms with E-state index in [1.165, 1.54) is 11.3 Å². The standard InChI is InChI=1S/C18H24ClN5O2S/c1-5-20-18(22-10-13-7-8-14(19)21-9-13)24-12(4)16-23-11(3)15(27-16)17(25)26-6-2/h7-9,12H,5-6,10H2,1-4H3,(H2,20,22,24). The van der Waals surface area contributed by atoms with Gasteiger partial charge in [0.2, 0.25) is 0 Å². The maximum Gasteiger partial charge on any atom is 0.350 e. The number of aliphatic imine (C=N–C) groups is 1. The van der Waals surface area contributed by atoms with Crippen LogP contribution >= 0.6 is 22.9 Å². The molecule has 2 N–H and O–H groups in total. The first-order valence-electron chi connectivity index (χ1n) is 8.74. The molecule has 0 aromatic carbocycles. The predicted octanol–water partition coefficient (Wildman–Crippen LogP) is 3.49. The molecule has 0 aliphatic heterocycles. The highest BCUT2D eigenvalue weighted by atomic mass is 35.5. The van der Waals surface area contributed by atoms with Gasteiger partial charge in [-0.15, -0.1) is 11.3 Å². The van der Waals surface area contributed by atoms with Crippen LogP contribution in [0.15, 0.2) is 23.3 Å². The Balaban J connectivity index is 2.08. The Hall–Kier alpha value is -2.19. The van der Waals surface area contributed by atoms with E-state index in [9.17, 15) is 4.79 Å². The number of aryl methyl sites for hydroxylation is 1. The highest BCUT2D eigenvalue weighted by Crippen LogP contribution is 2.24. The highest BCUT2D eigenvalue weighted by Gasteiger charge is 2.20. The summed E-state index contributed by atoms with van der Waals surface area (Å²) >= 11 is 7.14. The normalized spacial score (nSPS) is 12.6. The van der Waals surface area contributed by atoms with E-state index < -0.39 is 0 Å². The summed E-state index contributed by atoms with van der Waals surface area (Å²) in [7, 11) is 0. The number of carbonyl (C=O) groups excluding carboxylic acids is 1. The molecule has 2 heterocycles. The summed E-state index contributed by atoms with van der Waals surface area (Å²) in [5.41, 5.74) is 1.63. The van der Waals surface area contributed by atoms with Crippen LogP contribution in [-0.4, -0.2) is 35.0 Å². The van der Waals surface area contributed by atoms with Crippen LogP contribution in [-0.2, 0) is 11.3 Å². The van der Waals surface area contributed by atoms with Crippen molar-refractivity contribution in [3.8, 4) is 0 Å². The van der Waals surface area contributed by atoms with Crippen LogP contribution in [0.5, 0.6) is 0 Å². The summed E-state index contributed by atoms with van der Waals surface area (Å²) < 4.78 is 5.08. The van der Waals surface area contributed by atoms with Crippen molar-refractivity contribution in [1.29, 1.82) is 0 Å². The quantitative estimate of drug-likeness (QED) is 0.315. The molecule has 9 heteroatoms. The molecule has 27 heavy (non-hydrogen) atoms. The number of carbonyl (C=O) groups is 1. The molecule has 0 bridgehead atoms. The topological polar surface area (TPSA) is 88.5 Å². The van der Waals surface area contributed by atoms with Crippen molar-refractivity contribution >= 4 is 34.9 Å². The van der Waals surface area contributed by atoms with Gasteiger partial charge in [-0.05, 0) is 39.3 Å². The Morgan fingerprint density at radius 2 is 2.19 bits per heavy atom. The molecular weight excluding hydrogens is 386 g/mol. The number of nitrogens with zero attached hydrogens (tertiary/aromatic N) is 3. The first kappa shape index (κ1) is 21.1. The Morgan fingerprint density at radius 1 is 1.41 bits per heavy atom. The molecule has 0 aliphatic carbocycles. The molecule has 1 atom stereocenters. The number of pyridine rings is 1. The van der Waals surface area contributed by atoms with Crippen LogP contribution in [0.2, 0.25) is 5.15 Å². The molecule has 1 unspecified atom stereocenters. The van der Waals surface area contributed by atoms with Crippen molar-refractivity contribution < 1.29 is 9.53 Å². The fourth-order valence-corrected chi connectivity index (χ4v) is 3.32. The first-order valence-corrected chi connectivity index (χ1v) is 9.93. The Morgan fingerprint density at radius 3 is 2.81 bits per heavy atom. The lowest BCUT2D eigenvalue weighted by molar-refractivity contribution is 0.0531. The Bertz CT molecular complexity index is 792. The average Bonchev–Trinajstić information content (AvgIpc) is 3.03. The summed E-state index contributed by atoms with van der Waals surface area (Å²) in [6.45, 7) is 9.11. The lowest BCUT2D eigenvalue weighted by Gasteiger charge is -2.16. The zero-order valence-electron chi connectivity index (χ0n) is 15.9. The third-order valence-electron chi connectivity index (χ3n) is 3.55. The number of guanidine groups is 1. The van der Waals surface area contributed by atoms with Gasteiger partial charge in [0.05, 0.1) is 24.9 Å². The molecule has 146 valence electrons. The van der Waals surface area contributed by atoms with E-state index in [4.69, 9.17) is 16.3 Å². The van der Waals surface area contributed by atoms with Crippen LogP contribution in [0, 0.1) is 6.92 Å². The molecule has 0 aliphatic rings. The molecule has 0 radical (unpaired) electrons. The van der Waals surface area contributed by atoms with E-state index in [0.717, 1.165) is 17.1 Å². The van der Waals surface area contributed by atoms with E-state index in [1.807, 2.05) is 26.8 Å². The lowest BCUT2D eigenvalue weighted by atomic mass is 10.3. The van der Waals surface area contributed by atoms with Gasteiger partial charge in [-0.1, -0.05) is 17.7 Å². The van der Waals surface area contributed by atoms with Gasteiger partial charge in [0.1, 0.15) is 15.0 Å². The second-order valence-corrected chi connectivity index (χ2v) is 7.16. The van der Waals surface area contributed by atoms with Gasteiger partial charge < -0.3 is 15.4 Å². The number of esters is 1. The third kappa shape index (κ3) is 6.18. The zero-order valence-corrected chi connectivity index (χ0v) is 17.4. The molecule has 2 rings (SSSR count). The number of nitrogens with one attached hydrogen (secondary N) is 2. The van der Waals surface area contributed by atoms with Crippen molar-refractivity contribution in [1.82, 2.24) is 20.6 Å². The Labute approximate surface area is 168 Å². The number of rotatable bonds is 7. The van der Waals surface area contributed by atoms with Gasteiger partial charge in [0.25, 0.3) is 0 Å². The summed E-state index contributed by atoms with van der Waals surface area (Å²) in [4.78, 5) is 25.7. The minimum Gasteiger partial charge on any atom is -0.462 e. The van der Waals surface area contributed by atoms with Crippen molar-refractivity contribution in [3.05, 3.63) is 44.6 Å². The molecule has 0 spiro atoms. The number of thiazole rings is 1. The molecule has 2 aromatic heterocycles. The van der Waals surface area contributed by atoms with E-state index in [1.54, 1.807) is 19.2 Å². The van der Waals surface area contributed by atoms with Crippen LogP contribution in [0.3, 0.4) is 0 Å². The van der Waals surface area contributed by atoms with E-state index in [2.05, 4.69) is 25.6 Å². The maximum absolute atomic E-state index is 12.0. The van der Waals surface area contributed by atoms with Gasteiger partial charge in [0.15, 0.2) is 5.96 Å². The third-order valence-corrected chi connectivity index (χ3v) is 5.09. The minimum atomic E-state index is -0.332. The summed E-state index contributed by atoms with van der Waals surface area (Å²) in [6.07, 6.45) is 1.70. The van der Waals surface area contributed by atoms with Gasteiger partial charge >= 0.3 is 5.97 Å². The second-order valence-electron chi connectivity index (χ2n) is 5.74. The van der Waals surface area contributed by atoms with E-state index in [0.29, 0.717) is 34.8 Å². The number of hydrogen-bond acceptors (Lipinski definition) is 6. The summed E-state index contributed by atoms with van der Waals surface area (Å²) in [5.74, 6) is 0.326. The van der Waals surface area contributed by atoms with Crippen LogP contribution in [0.25, 0.3) is 0 Å². The van der Waals surface area contributed by atoms with Crippen molar-refractivity contribution in [2.24, 2.45) is 4.99 Å². The minimum absolute atomic E-state index is 0.113. The lowest BCUT2D eigenvalue weighted by Crippen LogP contribution is -2.38. The van der Waals surface area contributed by atoms with Crippen molar-refractivity contribution in [2.75, 3.05) is 13.2 Å². The molecule has 0 saturated carbocycles. The molecular formula is C18H24ClN5O2S. The summed E-state index contributed by atoms with van der Waals surface area (Å²) in [6, 6.07) is 3.52. The molecule has 0 fully saturated rings. The smallest absolute Gasteiger partial charge is 0.350 e. The summed E-state index contributed by atoms with van der Waals surface area (Å²) in [5, 5.41) is 7.78. The average molecular weight is 410 g/mol. The van der Waals surface area contributed by atoms with Crippen LogP contribution in [0.1, 0.15) is 52.7 Å². The van der Waals surface area contributed by atoms with Gasteiger partial charge in [-0.2, -0.15) is 0 Å². The Kier molecular flexibility index (Phi) is 7.99. The highest BCUT2D eigenvalue weighted by molar-refractivity contribution is 7.13. The second kappa shape index (κ2) is 10.2. The SMILES string of the molecule is CCNC(=NCc1ccc(Cl)nc1)NC(C)c1nc(C)c(C(=O)OCC)s1. The van der Waals surface area contributed by atoms with Crippen LogP contribution in [0.4, 0.5) is 0 Å². The fourth-order valence-electron chi connectivity index (χ4n) is 2.25. The van der Waals surface area contributed by atoms with Crippen LogP contribution < -0.4 is 10.6 Å². The molecule has 7 nitrogen and oxygen atoms in total. The zero-order chi connectivity index (χ0) is 19.8. The van der Waals surface area contributed by atoms with Gasteiger partial charge in [-0.3, -0.25) is 0 Å². The molecule has 2 aromatic rings. The number of halogens is 1. The number of aromatic nitrogens is 2. The van der Waals surface area contributed by atoms with E-state index >= 15 is 0 Å². The van der Waals surface area contributed by atoms with Gasteiger partial charge in [-0.25, -0.2) is 19.8 Å². The van der Waals surface area contributed by atoms with Crippen molar-refractivity contribution in [3.63, 3.8) is 0 Å². The predicted molar refractivity (Wildman–Crippen MR) is 108 cm³/mol. The largest absolute Gasteiger partial charge is 0.462 e. The number of ether oxygens (including phenoxy) is 1. The number of hydrogen-bond donors (Lipinski definition) is 2.